The number of hydrogen-bond acceptors (Lipinski definition) is 7. The van der Waals surface area contributed by atoms with E-state index in [9.17, 15) is 15.0 Å². The van der Waals surface area contributed by atoms with Crippen LogP contribution in [0.4, 0.5) is 0 Å². The van der Waals surface area contributed by atoms with Gasteiger partial charge in [0.15, 0.2) is 11.9 Å². The summed E-state index contributed by atoms with van der Waals surface area (Å²) in [6.45, 7) is 19.6. The fraction of sp³-hybridized carbons (Fsp3) is 0.700. The lowest BCUT2D eigenvalue weighted by Gasteiger charge is -2.66. The number of esters is 1. The second kappa shape index (κ2) is 9.45. The Bertz CT molecular complexity index is 1020. The molecule has 0 aromatic carbocycles. The summed E-state index contributed by atoms with van der Waals surface area (Å²) in [5.74, 6) is -1.09. The van der Waals surface area contributed by atoms with E-state index in [0.29, 0.717) is 0 Å². The van der Waals surface area contributed by atoms with E-state index in [1.54, 1.807) is 6.08 Å². The Morgan fingerprint density at radius 2 is 1.86 bits per heavy atom. The number of hydrogen-bond donors (Lipinski definition) is 2. The van der Waals surface area contributed by atoms with Crippen LogP contribution in [0.1, 0.15) is 61.8 Å². The van der Waals surface area contributed by atoms with Gasteiger partial charge in [-0.3, -0.25) is 4.79 Å². The number of ether oxygens (including phenoxy) is 4. The van der Waals surface area contributed by atoms with Gasteiger partial charge in [0.1, 0.15) is 18.3 Å². The summed E-state index contributed by atoms with van der Waals surface area (Å²) in [5.41, 5.74) is -1.88. The summed E-state index contributed by atoms with van der Waals surface area (Å²) in [6.07, 6.45) is 7.11. The maximum absolute atomic E-state index is 12.4. The first-order valence-electron chi connectivity index (χ1n) is 13.4. The third kappa shape index (κ3) is 3.84. The Morgan fingerprint density at radius 3 is 2.38 bits per heavy atom. The zero-order valence-corrected chi connectivity index (χ0v) is 23.5. The van der Waals surface area contributed by atoms with Crippen molar-refractivity contribution in [2.24, 2.45) is 22.7 Å². The van der Waals surface area contributed by atoms with Crippen LogP contribution in [0.25, 0.3) is 0 Å². The SMILES string of the molecule is C=C[C@@H]1O[C@@H]2C3=C(C)[C@@H](O)C[C@@](O)([C@@H](C)[C@H]4[C@@](C)(C=C[C@H]5OC[C@]54OC(C)=O)[C@@H]2O1)C3(C)C.CC=CC. The largest absolute Gasteiger partial charge is 0.453 e. The van der Waals surface area contributed by atoms with Crippen molar-refractivity contribution in [1.82, 2.24) is 0 Å². The predicted octanol–water partition coefficient (Wildman–Crippen LogP) is 4.25. The fourth-order valence-electron chi connectivity index (χ4n) is 7.89. The summed E-state index contributed by atoms with van der Waals surface area (Å²) in [6, 6.07) is 0. The lowest BCUT2D eigenvalue weighted by molar-refractivity contribution is -0.306. The quantitative estimate of drug-likeness (QED) is 0.419. The third-order valence-corrected chi connectivity index (χ3v) is 9.83. The normalized spacial score (nSPS) is 47.4. The summed E-state index contributed by atoms with van der Waals surface area (Å²) in [4.78, 5) is 12.3. The van der Waals surface area contributed by atoms with Crippen molar-refractivity contribution in [1.29, 1.82) is 0 Å². The maximum atomic E-state index is 12.4. The van der Waals surface area contributed by atoms with E-state index in [2.05, 4.69) is 19.6 Å². The predicted molar refractivity (Wildman–Crippen MR) is 140 cm³/mol. The molecule has 5 aliphatic rings. The van der Waals surface area contributed by atoms with Gasteiger partial charge < -0.3 is 29.2 Å². The molecule has 0 radical (unpaired) electrons. The molecule has 7 nitrogen and oxygen atoms in total. The molecule has 0 spiro atoms. The van der Waals surface area contributed by atoms with E-state index in [-0.39, 0.29) is 30.8 Å². The van der Waals surface area contributed by atoms with Crippen molar-refractivity contribution in [2.75, 3.05) is 6.61 Å². The number of carbonyl (C=O) groups is 1. The molecule has 0 aromatic rings. The molecule has 206 valence electrons. The lowest BCUT2D eigenvalue weighted by atomic mass is 9.44. The fourth-order valence-corrected chi connectivity index (χ4v) is 7.89. The highest BCUT2D eigenvalue weighted by molar-refractivity contribution is 5.67. The highest BCUT2D eigenvalue weighted by Crippen LogP contribution is 2.66. The smallest absolute Gasteiger partial charge is 0.303 e. The monoisotopic (exact) mass is 516 g/mol. The minimum absolute atomic E-state index is 0.192. The zero-order chi connectivity index (χ0) is 27.6. The Kier molecular flexibility index (Phi) is 7.22. The van der Waals surface area contributed by atoms with Gasteiger partial charge in [-0.15, -0.1) is 0 Å². The maximum Gasteiger partial charge on any atom is 0.303 e. The van der Waals surface area contributed by atoms with E-state index >= 15 is 0 Å². The van der Waals surface area contributed by atoms with Crippen LogP contribution in [0.5, 0.6) is 0 Å². The van der Waals surface area contributed by atoms with Gasteiger partial charge in [-0.05, 0) is 43.9 Å². The molecule has 7 heteroatoms. The molecule has 2 bridgehead atoms. The molecule has 0 unspecified atom stereocenters. The van der Waals surface area contributed by atoms with Crippen molar-refractivity contribution in [3.05, 3.63) is 48.1 Å². The minimum Gasteiger partial charge on any atom is -0.453 e. The van der Waals surface area contributed by atoms with Crippen LogP contribution in [-0.2, 0) is 23.7 Å². The molecule has 2 N–H and O–H groups in total. The molecule has 3 aliphatic carbocycles. The van der Waals surface area contributed by atoms with Gasteiger partial charge in [0.25, 0.3) is 0 Å². The van der Waals surface area contributed by atoms with E-state index in [1.807, 2.05) is 59.8 Å². The molecular weight excluding hydrogens is 472 g/mol. The van der Waals surface area contributed by atoms with Gasteiger partial charge in [0, 0.05) is 30.1 Å². The van der Waals surface area contributed by atoms with Crippen molar-refractivity contribution >= 4 is 5.97 Å². The van der Waals surface area contributed by atoms with E-state index in [1.165, 1.54) is 6.92 Å². The number of aliphatic hydroxyl groups excluding tert-OH is 1. The molecule has 5 rings (SSSR count). The van der Waals surface area contributed by atoms with Crippen LogP contribution in [0.3, 0.4) is 0 Å². The number of rotatable bonds is 2. The lowest BCUT2D eigenvalue weighted by Crippen LogP contribution is -2.76. The molecular formula is C30H44O7. The van der Waals surface area contributed by atoms with Gasteiger partial charge in [0.2, 0.25) is 0 Å². The second-order valence-electron chi connectivity index (χ2n) is 12.0. The van der Waals surface area contributed by atoms with Crippen LogP contribution >= 0.6 is 0 Å². The first kappa shape index (κ1) is 28.2. The number of allylic oxidation sites excluding steroid dienone is 2. The van der Waals surface area contributed by atoms with Crippen LogP contribution in [0, 0.1) is 22.7 Å². The average molecular weight is 517 g/mol. The summed E-state index contributed by atoms with van der Waals surface area (Å²) in [5, 5.41) is 23.6. The summed E-state index contributed by atoms with van der Waals surface area (Å²) >= 11 is 0. The Balaban J connectivity index is 0.000000747. The topological polar surface area (TPSA) is 94.5 Å². The second-order valence-corrected chi connectivity index (χ2v) is 12.0. The molecule has 2 aliphatic heterocycles. The molecule has 0 amide bonds. The van der Waals surface area contributed by atoms with Gasteiger partial charge >= 0.3 is 5.97 Å². The van der Waals surface area contributed by atoms with Crippen LogP contribution in [0.15, 0.2) is 48.1 Å². The number of aliphatic hydroxyl groups is 2. The van der Waals surface area contributed by atoms with E-state index in [0.717, 1.165) is 11.1 Å². The van der Waals surface area contributed by atoms with Crippen molar-refractivity contribution in [3.63, 3.8) is 0 Å². The molecule has 37 heavy (non-hydrogen) atoms. The highest BCUT2D eigenvalue weighted by Gasteiger charge is 2.73. The Labute approximate surface area is 221 Å². The molecule has 2 saturated heterocycles. The van der Waals surface area contributed by atoms with Crippen LogP contribution < -0.4 is 0 Å². The van der Waals surface area contributed by atoms with Crippen molar-refractivity contribution < 1.29 is 34.0 Å². The number of fused-ring (bicyclic) bond motifs is 8. The van der Waals surface area contributed by atoms with Gasteiger partial charge in [0.05, 0.1) is 18.3 Å². The van der Waals surface area contributed by atoms with E-state index in [4.69, 9.17) is 18.9 Å². The first-order valence-corrected chi connectivity index (χ1v) is 13.4. The van der Waals surface area contributed by atoms with Crippen LogP contribution in [-0.4, -0.2) is 64.7 Å². The minimum atomic E-state index is -1.29. The van der Waals surface area contributed by atoms with Gasteiger partial charge in [-0.1, -0.05) is 58.6 Å². The zero-order valence-electron chi connectivity index (χ0n) is 23.5. The Morgan fingerprint density at radius 1 is 1.22 bits per heavy atom. The van der Waals surface area contributed by atoms with Crippen LogP contribution in [0.2, 0.25) is 0 Å². The summed E-state index contributed by atoms with van der Waals surface area (Å²) in [7, 11) is 0. The van der Waals surface area contributed by atoms with Crippen molar-refractivity contribution in [2.45, 2.75) is 104 Å². The average Bonchev–Trinajstić information content (AvgIpc) is 3.25. The number of carbonyl (C=O) groups excluding carboxylic acids is 1. The molecule has 2 heterocycles. The highest BCUT2D eigenvalue weighted by atomic mass is 16.7. The standard InChI is InChI=1S/C26H36O7.C4H8/c1-8-18-31-20-19-13(2)16(28)11-26(29,23(19,5)6)14(3)21-24(7,22(20)32-18)10-9-17-25(21,12-30-17)33-15(4)27;1-3-4-2/h8-10,14,16-18,20-22,28-29H,1,11-12H2,2-7H3;3-4H,1-2H3/t14-,16-,17+,18+,20+,21-,22+,24+,25-,26+;/m0./s1. The molecule has 10 atom stereocenters. The molecule has 1 saturated carbocycles. The molecule has 0 aromatic heterocycles. The van der Waals surface area contributed by atoms with Gasteiger partial charge in [-0.25, -0.2) is 0 Å². The van der Waals surface area contributed by atoms with Crippen molar-refractivity contribution in [3.8, 4) is 0 Å². The van der Waals surface area contributed by atoms with E-state index < -0.39 is 52.7 Å². The summed E-state index contributed by atoms with van der Waals surface area (Å²) < 4.78 is 24.7. The first-order chi connectivity index (χ1) is 17.2. The third-order valence-electron chi connectivity index (χ3n) is 9.83. The van der Waals surface area contributed by atoms with Gasteiger partial charge in [-0.2, -0.15) is 0 Å². The molecule has 3 fully saturated rings. The Hall–Kier alpha value is -1.77.